The molecular weight excluding hydrogens is 150 g/mol. The van der Waals surface area contributed by atoms with Crippen molar-refractivity contribution in [1.29, 1.82) is 0 Å². The summed E-state index contributed by atoms with van der Waals surface area (Å²) < 4.78 is 0. The van der Waals surface area contributed by atoms with Crippen molar-refractivity contribution in [2.45, 2.75) is 58.2 Å². The highest BCUT2D eigenvalue weighted by atomic mass is 28.3. The molecule has 2 N–H and O–H groups in total. The standard InChI is InChI=1S/C9H23NSi/c1-4-5-6-7-8-9-11(2,3)10/h4-10H2,1-3H3. The van der Waals surface area contributed by atoms with E-state index in [1.54, 1.807) is 0 Å². The highest BCUT2D eigenvalue weighted by molar-refractivity contribution is 6.74. The first-order chi connectivity index (χ1) is 5.06. The van der Waals surface area contributed by atoms with Crippen LogP contribution in [0.4, 0.5) is 0 Å². The topological polar surface area (TPSA) is 26.0 Å². The Balaban J connectivity index is 3.02. The van der Waals surface area contributed by atoms with Crippen LogP contribution in [0.3, 0.4) is 0 Å². The minimum atomic E-state index is -1.22. The summed E-state index contributed by atoms with van der Waals surface area (Å²) >= 11 is 0. The number of nitrogens with two attached hydrogens (primary N) is 1. The molecule has 11 heavy (non-hydrogen) atoms. The maximum Gasteiger partial charge on any atom is 0.116 e. The fraction of sp³-hybridized carbons (Fsp3) is 1.00. The molecule has 1 nitrogen and oxygen atoms in total. The largest absolute Gasteiger partial charge is 0.351 e. The molecule has 2 heteroatoms. The van der Waals surface area contributed by atoms with Crippen LogP contribution in [-0.2, 0) is 0 Å². The van der Waals surface area contributed by atoms with Gasteiger partial charge in [-0.05, 0) is 6.04 Å². The number of hydrogen-bond acceptors (Lipinski definition) is 1. The van der Waals surface area contributed by atoms with E-state index in [-0.39, 0.29) is 0 Å². The molecular formula is C9H23NSi. The lowest BCUT2D eigenvalue weighted by Gasteiger charge is -2.14. The SMILES string of the molecule is CCCCCCC[Si](C)(C)N. The van der Waals surface area contributed by atoms with Crippen molar-refractivity contribution in [1.82, 2.24) is 0 Å². The maximum absolute atomic E-state index is 5.99. The van der Waals surface area contributed by atoms with Gasteiger partial charge in [0.15, 0.2) is 0 Å². The zero-order chi connectivity index (χ0) is 8.74. The Morgan fingerprint density at radius 2 is 1.55 bits per heavy atom. The summed E-state index contributed by atoms with van der Waals surface area (Å²) in [7, 11) is -1.22. The molecule has 0 atom stereocenters. The van der Waals surface area contributed by atoms with E-state index in [9.17, 15) is 0 Å². The van der Waals surface area contributed by atoms with E-state index >= 15 is 0 Å². The third-order valence-electron chi connectivity index (χ3n) is 1.92. The van der Waals surface area contributed by atoms with Crippen LogP contribution in [0.5, 0.6) is 0 Å². The highest BCUT2D eigenvalue weighted by Crippen LogP contribution is 2.10. The van der Waals surface area contributed by atoms with Gasteiger partial charge in [-0.25, -0.2) is 0 Å². The monoisotopic (exact) mass is 173 g/mol. The Morgan fingerprint density at radius 1 is 1.00 bits per heavy atom. The van der Waals surface area contributed by atoms with Crippen LogP contribution in [0.2, 0.25) is 19.1 Å². The summed E-state index contributed by atoms with van der Waals surface area (Å²) in [5.41, 5.74) is 0. The van der Waals surface area contributed by atoms with Gasteiger partial charge in [-0.3, -0.25) is 0 Å². The van der Waals surface area contributed by atoms with E-state index < -0.39 is 8.24 Å². The number of hydrogen-bond donors (Lipinski definition) is 1. The molecule has 0 aliphatic carbocycles. The van der Waals surface area contributed by atoms with Crippen molar-refractivity contribution in [3.05, 3.63) is 0 Å². The number of unbranched alkanes of at least 4 members (excludes halogenated alkanes) is 4. The fourth-order valence-electron chi connectivity index (χ4n) is 1.18. The molecule has 0 aliphatic rings. The Bertz CT molecular complexity index is 86.1. The third-order valence-corrected chi connectivity index (χ3v) is 3.57. The van der Waals surface area contributed by atoms with Gasteiger partial charge in [-0.1, -0.05) is 52.1 Å². The summed E-state index contributed by atoms with van der Waals surface area (Å²) in [6.07, 6.45) is 6.88. The minimum Gasteiger partial charge on any atom is -0.351 e. The van der Waals surface area contributed by atoms with Gasteiger partial charge in [0.25, 0.3) is 0 Å². The molecule has 0 unspecified atom stereocenters. The quantitative estimate of drug-likeness (QED) is 0.485. The molecule has 0 aromatic rings. The molecule has 0 saturated carbocycles. The molecule has 0 aromatic carbocycles. The van der Waals surface area contributed by atoms with E-state index in [0.717, 1.165) is 0 Å². The van der Waals surface area contributed by atoms with Crippen molar-refractivity contribution in [2.75, 3.05) is 0 Å². The predicted octanol–water partition coefficient (Wildman–Crippen LogP) is 3.12. The first-order valence-electron chi connectivity index (χ1n) is 4.85. The molecule has 0 saturated heterocycles. The second-order valence-electron chi connectivity index (χ2n) is 4.15. The summed E-state index contributed by atoms with van der Waals surface area (Å²) in [5, 5.41) is 5.99. The van der Waals surface area contributed by atoms with Gasteiger partial charge in [-0.2, -0.15) is 0 Å². The lowest BCUT2D eigenvalue weighted by Crippen LogP contribution is -2.37. The molecule has 0 aromatic heterocycles. The van der Waals surface area contributed by atoms with Gasteiger partial charge in [-0.15, -0.1) is 0 Å². The summed E-state index contributed by atoms with van der Waals surface area (Å²) in [6.45, 7) is 6.74. The van der Waals surface area contributed by atoms with Crippen LogP contribution >= 0.6 is 0 Å². The molecule has 0 radical (unpaired) electrons. The Morgan fingerprint density at radius 3 is 2.00 bits per heavy atom. The van der Waals surface area contributed by atoms with E-state index in [1.165, 1.54) is 38.1 Å². The van der Waals surface area contributed by atoms with Crippen LogP contribution in [0.25, 0.3) is 0 Å². The van der Waals surface area contributed by atoms with Crippen molar-refractivity contribution in [2.24, 2.45) is 5.40 Å². The van der Waals surface area contributed by atoms with E-state index in [4.69, 9.17) is 5.40 Å². The summed E-state index contributed by atoms with van der Waals surface area (Å²) in [6, 6.07) is 1.30. The normalized spacial score (nSPS) is 12.0. The molecule has 0 spiro atoms. The molecule has 0 aliphatic heterocycles. The molecule has 0 rings (SSSR count). The van der Waals surface area contributed by atoms with Crippen molar-refractivity contribution >= 4 is 8.24 Å². The van der Waals surface area contributed by atoms with E-state index in [2.05, 4.69) is 20.0 Å². The molecule has 0 amide bonds. The highest BCUT2D eigenvalue weighted by Gasteiger charge is 2.12. The van der Waals surface area contributed by atoms with Crippen LogP contribution < -0.4 is 5.40 Å². The molecule has 0 fully saturated rings. The van der Waals surface area contributed by atoms with Crippen LogP contribution in [-0.4, -0.2) is 8.24 Å². The molecule has 0 bridgehead atoms. The average Bonchev–Trinajstić information content (AvgIpc) is 1.85. The fourth-order valence-corrected chi connectivity index (χ4v) is 2.35. The molecule has 68 valence electrons. The summed E-state index contributed by atoms with van der Waals surface area (Å²) in [5.74, 6) is 0. The van der Waals surface area contributed by atoms with Crippen molar-refractivity contribution < 1.29 is 0 Å². The van der Waals surface area contributed by atoms with Crippen LogP contribution in [0.15, 0.2) is 0 Å². The van der Waals surface area contributed by atoms with Crippen LogP contribution in [0, 0.1) is 0 Å². The van der Waals surface area contributed by atoms with E-state index in [1.807, 2.05) is 0 Å². The van der Waals surface area contributed by atoms with Gasteiger partial charge >= 0.3 is 0 Å². The third kappa shape index (κ3) is 10.2. The smallest absolute Gasteiger partial charge is 0.116 e. The second kappa shape index (κ2) is 5.78. The van der Waals surface area contributed by atoms with Crippen molar-refractivity contribution in [3.63, 3.8) is 0 Å². The minimum absolute atomic E-state index is 1.22. The first kappa shape index (κ1) is 11.2. The Labute approximate surface area is 72.5 Å². The second-order valence-corrected chi connectivity index (χ2v) is 8.63. The lowest BCUT2D eigenvalue weighted by atomic mass is 10.2. The Hall–Kier alpha value is 0.177. The zero-order valence-corrected chi connectivity index (χ0v) is 9.32. The van der Waals surface area contributed by atoms with E-state index in [0.29, 0.717) is 0 Å². The Kier molecular flexibility index (Phi) is 5.87. The van der Waals surface area contributed by atoms with Gasteiger partial charge < -0.3 is 5.40 Å². The lowest BCUT2D eigenvalue weighted by molar-refractivity contribution is 0.652. The van der Waals surface area contributed by atoms with Gasteiger partial charge in [0.2, 0.25) is 0 Å². The van der Waals surface area contributed by atoms with Gasteiger partial charge in [0.05, 0.1) is 0 Å². The van der Waals surface area contributed by atoms with Gasteiger partial charge in [0.1, 0.15) is 8.24 Å². The summed E-state index contributed by atoms with van der Waals surface area (Å²) in [4.78, 5) is 0. The van der Waals surface area contributed by atoms with Gasteiger partial charge in [0, 0.05) is 0 Å². The van der Waals surface area contributed by atoms with Crippen LogP contribution in [0.1, 0.15) is 39.0 Å². The van der Waals surface area contributed by atoms with Crippen molar-refractivity contribution in [3.8, 4) is 0 Å². The maximum atomic E-state index is 5.99. The predicted molar refractivity (Wildman–Crippen MR) is 55.2 cm³/mol. The zero-order valence-electron chi connectivity index (χ0n) is 8.32. The average molecular weight is 173 g/mol. The molecule has 0 heterocycles. The first-order valence-corrected chi connectivity index (χ1v) is 8.13. The number of rotatable bonds is 6.